The van der Waals surface area contributed by atoms with Crippen LogP contribution in [0.1, 0.15) is 54.5 Å². The second kappa shape index (κ2) is 13.3. The molecule has 0 atom stereocenters. The van der Waals surface area contributed by atoms with Gasteiger partial charge >= 0.3 is 5.97 Å². The third kappa shape index (κ3) is 7.44. The monoisotopic (exact) mass is 569 g/mol. The molecule has 0 spiro atoms. The minimum absolute atomic E-state index is 0.0795. The highest BCUT2D eigenvalue weighted by Gasteiger charge is 2.25. The van der Waals surface area contributed by atoms with Crippen LogP contribution in [0, 0.1) is 11.7 Å². The highest BCUT2D eigenvalue weighted by molar-refractivity contribution is 6.30. The number of likely N-dealkylation sites (tertiary alicyclic amines) is 1. The van der Waals surface area contributed by atoms with Crippen molar-refractivity contribution in [2.45, 2.75) is 51.3 Å². The van der Waals surface area contributed by atoms with Crippen LogP contribution in [-0.4, -0.2) is 62.0 Å². The fourth-order valence-electron chi connectivity index (χ4n) is 5.24. The SMILES string of the molecule is O=C(O)/C=C/c1nnc(CN2CCC(c3cccc(OCc4ccc(Cl)cc4F)n3)CC2)n1CC1CCOCC1. The number of carboxylic acids is 1. The van der Waals surface area contributed by atoms with E-state index in [0.717, 1.165) is 76.1 Å². The second-order valence-electron chi connectivity index (χ2n) is 10.3. The van der Waals surface area contributed by atoms with Crippen molar-refractivity contribution in [3.63, 3.8) is 0 Å². The first-order valence-corrected chi connectivity index (χ1v) is 14.0. The number of nitrogens with zero attached hydrogens (tertiary/aromatic N) is 5. The van der Waals surface area contributed by atoms with Gasteiger partial charge in [-0.1, -0.05) is 23.7 Å². The summed E-state index contributed by atoms with van der Waals surface area (Å²) in [7, 11) is 0. The molecule has 1 aromatic carbocycles. The number of halogens is 2. The zero-order valence-corrected chi connectivity index (χ0v) is 23.0. The molecule has 40 heavy (non-hydrogen) atoms. The van der Waals surface area contributed by atoms with Crippen LogP contribution in [-0.2, 0) is 29.2 Å². The van der Waals surface area contributed by atoms with E-state index in [4.69, 9.17) is 31.2 Å². The summed E-state index contributed by atoms with van der Waals surface area (Å²) < 4.78 is 27.4. The van der Waals surface area contributed by atoms with Crippen LogP contribution in [0.3, 0.4) is 0 Å². The van der Waals surface area contributed by atoms with Crippen molar-refractivity contribution in [3.05, 3.63) is 76.2 Å². The quantitative estimate of drug-likeness (QED) is 0.342. The Morgan fingerprint density at radius 2 is 1.95 bits per heavy atom. The van der Waals surface area contributed by atoms with E-state index in [9.17, 15) is 9.18 Å². The molecular weight excluding hydrogens is 537 g/mol. The average Bonchev–Trinajstić information content (AvgIpc) is 3.33. The topological polar surface area (TPSA) is 103 Å². The molecule has 1 N–H and O–H groups in total. The van der Waals surface area contributed by atoms with E-state index in [-0.39, 0.29) is 6.61 Å². The van der Waals surface area contributed by atoms with E-state index in [1.165, 1.54) is 12.1 Å². The number of hydrogen-bond acceptors (Lipinski definition) is 7. The molecule has 0 radical (unpaired) electrons. The number of aliphatic carboxylic acids is 1. The predicted molar refractivity (Wildman–Crippen MR) is 147 cm³/mol. The lowest BCUT2D eigenvalue weighted by Gasteiger charge is -2.31. The molecule has 3 aromatic rings. The lowest BCUT2D eigenvalue weighted by molar-refractivity contribution is -0.131. The summed E-state index contributed by atoms with van der Waals surface area (Å²) in [5.41, 5.74) is 1.40. The standard InChI is InChI=1S/C29H33ClFN5O4/c30-23-5-4-22(24(31)16-23)19-40-28-3-1-2-25(32-28)21-8-12-35(13-9-21)18-27-34-33-26(6-7-29(37)38)36(27)17-20-10-14-39-15-11-20/h1-7,16,20-21H,8-15,17-19H2,(H,37,38)/b7-6+. The molecule has 11 heteroatoms. The molecule has 0 saturated carbocycles. The third-order valence-corrected chi connectivity index (χ3v) is 7.75. The maximum atomic E-state index is 14.1. The van der Waals surface area contributed by atoms with E-state index in [1.54, 1.807) is 18.2 Å². The lowest BCUT2D eigenvalue weighted by atomic mass is 9.93. The van der Waals surface area contributed by atoms with Crippen molar-refractivity contribution >= 4 is 23.6 Å². The van der Waals surface area contributed by atoms with E-state index in [1.807, 2.05) is 12.1 Å². The van der Waals surface area contributed by atoms with Crippen molar-refractivity contribution in [2.75, 3.05) is 26.3 Å². The van der Waals surface area contributed by atoms with Gasteiger partial charge in [0.1, 0.15) is 18.2 Å². The van der Waals surface area contributed by atoms with Crippen LogP contribution in [0.2, 0.25) is 5.02 Å². The molecule has 4 heterocycles. The third-order valence-electron chi connectivity index (χ3n) is 7.52. The predicted octanol–water partition coefficient (Wildman–Crippen LogP) is 4.95. The number of hydrogen-bond donors (Lipinski definition) is 1. The largest absolute Gasteiger partial charge is 0.478 e. The number of benzene rings is 1. The second-order valence-corrected chi connectivity index (χ2v) is 10.7. The van der Waals surface area contributed by atoms with E-state index >= 15 is 0 Å². The first-order chi connectivity index (χ1) is 19.4. The van der Waals surface area contributed by atoms with Crippen LogP contribution in [0.25, 0.3) is 6.08 Å². The lowest BCUT2D eigenvalue weighted by Crippen LogP contribution is -2.34. The van der Waals surface area contributed by atoms with Crippen molar-refractivity contribution < 1.29 is 23.8 Å². The molecule has 0 amide bonds. The van der Waals surface area contributed by atoms with Gasteiger partial charge in [0, 0.05) is 54.1 Å². The molecule has 2 aliphatic heterocycles. The highest BCUT2D eigenvalue weighted by Crippen LogP contribution is 2.29. The van der Waals surface area contributed by atoms with Crippen LogP contribution in [0.4, 0.5) is 4.39 Å². The van der Waals surface area contributed by atoms with E-state index in [0.29, 0.717) is 40.7 Å². The summed E-state index contributed by atoms with van der Waals surface area (Å²) in [6.45, 7) is 4.71. The van der Waals surface area contributed by atoms with Crippen LogP contribution < -0.4 is 4.74 Å². The molecule has 2 fully saturated rings. The summed E-state index contributed by atoms with van der Waals surface area (Å²) in [5.74, 6) is 1.21. The summed E-state index contributed by atoms with van der Waals surface area (Å²) in [6, 6.07) is 10.3. The number of aromatic nitrogens is 4. The van der Waals surface area contributed by atoms with Gasteiger partial charge in [-0.25, -0.2) is 14.2 Å². The molecular formula is C29H33ClFN5O4. The van der Waals surface area contributed by atoms with Crippen LogP contribution >= 0.6 is 11.6 Å². The number of carbonyl (C=O) groups is 1. The maximum Gasteiger partial charge on any atom is 0.328 e. The van der Waals surface area contributed by atoms with Gasteiger partial charge in [-0.05, 0) is 69.0 Å². The Labute approximate surface area is 237 Å². The highest BCUT2D eigenvalue weighted by atomic mass is 35.5. The number of ether oxygens (including phenoxy) is 2. The Morgan fingerprint density at radius 1 is 1.15 bits per heavy atom. The van der Waals surface area contributed by atoms with Crippen molar-refractivity contribution in [1.82, 2.24) is 24.6 Å². The molecule has 2 aromatic heterocycles. The van der Waals surface area contributed by atoms with Gasteiger partial charge < -0.3 is 19.1 Å². The smallest absolute Gasteiger partial charge is 0.328 e. The van der Waals surface area contributed by atoms with E-state index in [2.05, 4.69) is 19.7 Å². The summed E-state index contributed by atoms with van der Waals surface area (Å²) >= 11 is 5.84. The Hall–Kier alpha value is -3.34. The normalized spacial score (nSPS) is 17.4. The maximum absolute atomic E-state index is 14.1. The van der Waals surface area contributed by atoms with Crippen LogP contribution in [0.5, 0.6) is 5.88 Å². The fourth-order valence-corrected chi connectivity index (χ4v) is 5.40. The minimum atomic E-state index is -1.01. The minimum Gasteiger partial charge on any atom is -0.478 e. The first kappa shape index (κ1) is 28.2. The molecule has 212 valence electrons. The van der Waals surface area contributed by atoms with Gasteiger partial charge in [0.25, 0.3) is 0 Å². The summed E-state index contributed by atoms with van der Waals surface area (Å²) in [4.78, 5) is 18.2. The molecule has 2 saturated heterocycles. The Balaban J connectivity index is 1.19. The first-order valence-electron chi connectivity index (χ1n) is 13.6. The molecule has 0 bridgehead atoms. The van der Waals surface area contributed by atoms with Gasteiger partial charge in [-0.15, -0.1) is 10.2 Å². The van der Waals surface area contributed by atoms with E-state index < -0.39 is 11.8 Å². The average molecular weight is 570 g/mol. The van der Waals surface area contributed by atoms with Gasteiger partial charge in [0.05, 0.1) is 6.54 Å². The molecule has 9 nitrogen and oxygen atoms in total. The van der Waals surface area contributed by atoms with Gasteiger partial charge in [0.2, 0.25) is 5.88 Å². The van der Waals surface area contributed by atoms with Crippen molar-refractivity contribution in [2.24, 2.45) is 5.92 Å². The molecule has 5 rings (SSSR count). The van der Waals surface area contributed by atoms with Crippen LogP contribution in [0.15, 0.2) is 42.5 Å². The number of piperidine rings is 1. The zero-order valence-electron chi connectivity index (χ0n) is 22.2. The molecule has 0 unspecified atom stereocenters. The fraction of sp³-hybridized carbons (Fsp3) is 0.448. The molecule has 0 aliphatic carbocycles. The number of rotatable bonds is 10. The number of pyridine rings is 1. The summed E-state index contributed by atoms with van der Waals surface area (Å²) in [6.07, 6.45) is 6.43. The Kier molecular flexibility index (Phi) is 9.41. The zero-order chi connectivity index (χ0) is 27.9. The van der Waals surface area contributed by atoms with Gasteiger partial charge in [0.15, 0.2) is 5.82 Å². The van der Waals surface area contributed by atoms with Gasteiger partial charge in [-0.3, -0.25) is 4.90 Å². The Morgan fingerprint density at radius 3 is 2.70 bits per heavy atom. The van der Waals surface area contributed by atoms with Gasteiger partial charge in [-0.2, -0.15) is 0 Å². The summed E-state index contributed by atoms with van der Waals surface area (Å²) in [5, 5.41) is 18.2. The van der Waals surface area contributed by atoms with Crippen molar-refractivity contribution in [1.29, 1.82) is 0 Å². The number of carboxylic acid groups (broad SMARTS) is 1. The van der Waals surface area contributed by atoms with Crippen molar-refractivity contribution in [3.8, 4) is 5.88 Å². The molecule has 2 aliphatic rings. The Bertz CT molecular complexity index is 1340.